The summed E-state index contributed by atoms with van der Waals surface area (Å²) in [5.74, 6) is -0.665. The summed E-state index contributed by atoms with van der Waals surface area (Å²) in [6.45, 7) is 4.07. The van der Waals surface area contributed by atoms with Crippen molar-refractivity contribution < 1.29 is 27.5 Å². The second-order valence-electron chi connectivity index (χ2n) is 8.17. The highest BCUT2D eigenvalue weighted by Gasteiger charge is 2.34. The molecule has 8 nitrogen and oxygen atoms in total. The van der Waals surface area contributed by atoms with Crippen molar-refractivity contribution in [2.45, 2.75) is 25.2 Å². The van der Waals surface area contributed by atoms with Gasteiger partial charge < -0.3 is 14.8 Å². The molecule has 0 saturated heterocycles. The molecule has 0 spiro atoms. The van der Waals surface area contributed by atoms with Crippen molar-refractivity contribution in [1.82, 2.24) is 0 Å². The molecule has 188 valence electrons. The van der Waals surface area contributed by atoms with Crippen molar-refractivity contribution in [3.8, 4) is 5.75 Å². The Labute approximate surface area is 214 Å². The molecule has 36 heavy (non-hydrogen) atoms. The van der Waals surface area contributed by atoms with E-state index >= 15 is 0 Å². The number of carbonyl (C=O) groups is 2. The monoisotopic (exact) mass is 528 g/mol. The lowest BCUT2D eigenvalue weighted by Crippen LogP contribution is -2.29. The summed E-state index contributed by atoms with van der Waals surface area (Å²) in [7, 11) is -2.61. The highest BCUT2D eigenvalue weighted by molar-refractivity contribution is 7.93. The molecule has 10 heteroatoms. The van der Waals surface area contributed by atoms with Crippen LogP contribution in [0.2, 0.25) is 5.02 Å². The fourth-order valence-electron chi connectivity index (χ4n) is 4.14. The number of halogens is 1. The highest BCUT2D eigenvalue weighted by Crippen LogP contribution is 2.38. The van der Waals surface area contributed by atoms with E-state index in [-0.39, 0.29) is 28.8 Å². The topological polar surface area (TPSA) is 102 Å². The number of nitrogens with one attached hydrogen (secondary N) is 1. The van der Waals surface area contributed by atoms with Crippen LogP contribution in [0.5, 0.6) is 5.75 Å². The van der Waals surface area contributed by atoms with Crippen molar-refractivity contribution in [2.24, 2.45) is 0 Å². The zero-order valence-corrected chi connectivity index (χ0v) is 21.6. The van der Waals surface area contributed by atoms with Crippen LogP contribution in [-0.2, 0) is 21.2 Å². The van der Waals surface area contributed by atoms with Crippen molar-refractivity contribution >= 4 is 44.9 Å². The minimum Gasteiger partial charge on any atom is -0.495 e. The molecule has 1 amide bonds. The Morgan fingerprint density at radius 1 is 1.06 bits per heavy atom. The van der Waals surface area contributed by atoms with E-state index in [1.807, 2.05) is 6.92 Å². The lowest BCUT2D eigenvalue weighted by molar-refractivity contribution is 0.0526. The number of benzene rings is 3. The Morgan fingerprint density at radius 2 is 1.78 bits per heavy atom. The third-order valence-corrected chi connectivity index (χ3v) is 7.96. The van der Waals surface area contributed by atoms with E-state index in [1.54, 1.807) is 49.4 Å². The number of amides is 1. The smallest absolute Gasteiger partial charge is 0.338 e. The van der Waals surface area contributed by atoms with Gasteiger partial charge in [0.15, 0.2) is 0 Å². The maximum atomic E-state index is 13.6. The maximum Gasteiger partial charge on any atom is 0.338 e. The molecule has 3 aromatic rings. The molecule has 0 fully saturated rings. The number of esters is 1. The minimum atomic E-state index is -4.00. The molecule has 1 aliphatic rings. The molecule has 0 radical (unpaired) electrons. The zero-order valence-electron chi connectivity index (χ0n) is 20.0. The quantitative estimate of drug-likeness (QED) is 0.440. The highest BCUT2D eigenvalue weighted by atomic mass is 35.5. The van der Waals surface area contributed by atoms with Crippen molar-refractivity contribution in [1.29, 1.82) is 0 Å². The predicted molar refractivity (Wildman–Crippen MR) is 138 cm³/mol. The van der Waals surface area contributed by atoms with Gasteiger partial charge in [0, 0.05) is 22.8 Å². The van der Waals surface area contributed by atoms with Crippen molar-refractivity contribution in [2.75, 3.05) is 29.9 Å². The lowest BCUT2D eigenvalue weighted by Gasteiger charge is -2.22. The number of anilines is 2. The van der Waals surface area contributed by atoms with Crippen LogP contribution in [-0.4, -0.2) is 40.6 Å². The maximum absolute atomic E-state index is 13.6. The molecule has 1 heterocycles. The Balaban J connectivity index is 1.63. The Morgan fingerprint density at radius 3 is 2.44 bits per heavy atom. The fourth-order valence-corrected chi connectivity index (χ4v) is 6.05. The lowest BCUT2D eigenvalue weighted by atomic mass is 10.0. The SMILES string of the molecule is CCOC(=O)c1ccc(NC(=O)c2cc(C)c3c(c2)N(S(=O)(=O)c2cc(Cl)ccc2OC)CC3)cc1. The number of hydrogen-bond acceptors (Lipinski definition) is 6. The van der Waals surface area contributed by atoms with Crippen molar-refractivity contribution in [3.05, 3.63) is 81.9 Å². The summed E-state index contributed by atoms with van der Waals surface area (Å²) in [4.78, 5) is 24.8. The van der Waals surface area contributed by atoms with E-state index in [9.17, 15) is 18.0 Å². The van der Waals surface area contributed by atoms with E-state index in [0.717, 1.165) is 11.1 Å². The first kappa shape index (κ1) is 25.5. The van der Waals surface area contributed by atoms with Gasteiger partial charge in [0.05, 0.1) is 25.0 Å². The number of ether oxygens (including phenoxy) is 2. The zero-order chi connectivity index (χ0) is 26.0. The van der Waals surface area contributed by atoms with Gasteiger partial charge in [0.25, 0.3) is 15.9 Å². The number of sulfonamides is 1. The van der Waals surface area contributed by atoms with E-state index < -0.39 is 21.9 Å². The van der Waals surface area contributed by atoms with E-state index in [4.69, 9.17) is 21.1 Å². The van der Waals surface area contributed by atoms with Gasteiger partial charge in [-0.3, -0.25) is 9.10 Å². The Hall–Kier alpha value is -3.56. The van der Waals surface area contributed by atoms with Gasteiger partial charge in [-0.05, 0) is 86.0 Å². The van der Waals surface area contributed by atoms with Gasteiger partial charge in [0.1, 0.15) is 10.6 Å². The summed E-state index contributed by atoms with van der Waals surface area (Å²) < 4.78 is 38.7. The van der Waals surface area contributed by atoms with Crippen LogP contribution in [0.25, 0.3) is 0 Å². The van der Waals surface area contributed by atoms with Gasteiger partial charge >= 0.3 is 5.97 Å². The molecule has 1 aliphatic heterocycles. The molecular weight excluding hydrogens is 504 g/mol. The third-order valence-electron chi connectivity index (χ3n) is 5.89. The summed E-state index contributed by atoms with van der Waals surface area (Å²) >= 11 is 6.08. The van der Waals surface area contributed by atoms with Crippen LogP contribution < -0.4 is 14.4 Å². The molecule has 0 unspecified atom stereocenters. The first-order chi connectivity index (χ1) is 17.1. The first-order valence-corrected chi connectivity index (χ1v) is 13.1. The van der Waals surface area contributed by atoms with Gasteiger partial charge in [0.2, 0.25) is 0 Å². The normalized spacial score (nSPS) is 12.7. The second kappa shape index (κ2) is 10.2. The number of methoxy groups -OCH3 is 1. The number of rotatable bonds is 7. The van der Waals surface area contributed by atoms with Crippen LogP contribution in [0, 0.1) is 6.92 Å². The van der Waals surface area contributed by atoms with Gasteiger partial charge in [-0.25, -0.2) is 13.2 Å². The summed E-state index contributed by atoms with van der Waals surface area (Å²) in [5, 5.41) is 3.06. The number of aryl methyl sites for hydroxylation is 1. The summed E-state index contributed by atoms with van der Waals surface area (Å²) in [5.41, 5.74) is 3.28. The standard InChI is InChI=1S/C26H25ClN2O6S/c1-4-35-26(31)17-5-8-20(9-6-17)28-25(30)18-13-16(2)21-11-12-29(22(21)14-18)36(32,33)24-15-19(27)7-10-23(24)34-3/h5-10,13-15H,4,11-12H2,1-3H3,(H,28,30). The van der Waals surface area contributed by atoms with Crippen LogP contribution in [0.15, 0.2) is 59.5 Å². The largest absolute Gasteiger partial charge is 0.495 e. The van der Waals surface area contributed by atoms with Crippen molar-refractivity contribution in [3.63, 3.8) is 0 Å². The summed E-state index contributed by atoms with van der Waals surface area (Å²) in [6.07, 6.45) is 0.514. The first-order valence-electron chi connectivity index (χ1n) is 11.2. The van der Waals surface area contributed by atoms with Crippen LogP contribution >= 0.6 is 11.6 Å². The second-order valence-corrected chi connectivity index (χ2v) is 10.4. The van der Waals surface area contributed by atoms with Crippen LogP contribution in [0.3, 0.4) is 0 Å². The number of nitrogens with zero attached hydrogens (tertiary/aromatic N) is 1. The molecule has 0 saturated carbocycles. The minimum absolute atomic E-state index is 0.0421. The molecular formula is C26H25ClN2O6S. The molecule has 4 rings (SSSR count). The molecule has 3 aromatic carbocycles. The fraction of sp³-hybridized carbons (Fsp3) is 0.231. The Kier molecular flexibility index (Phi) is 7.23. The molecule has 0 aromatic heterocycles. The van der Waals surface area contributed by atoms with E-state index in [1.165, 1.54) is 23.5 Å². The van der Waals surface area contributed by atoms with Crippen LogP contribution in [0.1, 0.15) is 38.8 Å². The Bertz CT molecular complexity index is 1440. The molecule has 0 aliphatic carbocycles. The summed E-state index contributed by atoms with van der Waals surface area (Å²) in [6, 6.07) is 14.1. The molecule has 0 atom stereocenters. The number of carbonyl (C=O) groups excluding carboxylic acids is 2. The number of fused-ring (bicyclic) bond motifs is 1. The van der Waals surface area contributed by atoms with Gasteiger partial charge in [-0.1, -0.05) is 11.6 Å². The van der Waals surface area contributed by atoms with Gasteiger partial charge in [-0.15, -0.1) is 0 Å². The average molecular weight is 529 g/mol. The average Bonchev–Trinajstić information content (AvgIpc) is 3.30. The van der Waals surface area contributed by atoms with Crippen LogP contribution in [0.4, 0.5) is 11.4 Å². The van der Waals surface area contributed by atoms with E-state index in [2.05, 4.69) is 5.32 Å². The molecule has 0 bridgehead atoms. The molecule has 1 N–H and O–H groups in total. The number of hydrogen-bond donors (Lipinski definition) is 1. The van der Waals surface area contributed by atoms with E-state index in [0.29, 0.717) is 28.9 Å². The van der Waals surface area contributed by atoms with Gasteiger partial charge in [-0.2, -0.15) is 0 Å². The predicted octanol–water partition coefficient (Wildman–Crippen LogP) is 4.84. The third kappa shape index (κ3) is 4.89.